The number of hydrogen-bond donors (Lipinski definition) is 0. The van der Waals surface area contributed by atoms with Crippen LogP contribution in [0.4, 0.5) is 102 Å². The summed E-state index contributed by atoms with van der Waals surface area (Å²) in [7, 11) is 0. The summed E-state index contributed by atoms with van der Waals surface area (Å²) < 4.78 is 0. The van der Waals surface area contributed by atoms with Crippen molar-refractivity contribution in [2.75, 3.05) is 29.4 Å². The zero-order chi connectivity index (χ0) is 70.1. The Morgan fingerprint density at radius 2 is 0.363 bits per heavy atom. The van der Waals surface area contributed by atoms with Crippen LogP contribution >= 0.6 is 0 Å². The third kappa shape index (κ3) is 14.1. The van der Waals surface area contributed by atoms with E-state index in [9.17, 15) is 0 Å². The van der Waals surface area contributed by atoms with E-state index in [4.69, 9.17) is 0 Å². The second-order valence-electron chi connectivity index (χ2n) is 27.4. The first-order chi connectivity index (χ1) is 50.0. The third-order valence-electron chi connectivity index (χ3n) is 19.2. The maximum absolute atomic E-state index is 2.53. The smallest absolute Gasteiger partial charge is 0.0540 e. The highest BCUT2D eigenvalue weighted by Gasteiger charge is 2.30. The number of anilines is 18. The number of benzene rings is 14. The molecule has 0 fully saturated rings. The van der Waals surface area contributed by atoms with Crippen molar-refractivity contribution < 1.29 is 0 Å². The van der Waals surface area contributed by atoms with Gasteiger partial charge in [0.25, 0.3) is 0 Å². The highest BCUT2D eigenvalue weighted by atomic mass is 15.2. The molecule has 0 heterocycles. The monoisotopic (exact) mass is 1320 g/mol. The lowest BCUT2D eigenvalue weighted by molar-refractivity contribution is 0.854. The van der Waals surface area contributed by atoms with E-state index < -0.39 is 0 Å². The summed E-state index contributed by atoms with van der Waals surface area (Å²) in [6.45, 7) is 18.4. The number of hydrogen-bond acceptors (Lipinski definition) is 6. The summed E-state index contributed by atoms with van der Waals surface area (Å²) in [6, 6.07) is 133. The van der Waals surface area contributed by atoms with Gasteiger partial charge >= 0.3 is 0 Å². The van der Waals surface area contributed by atoms with Gasteiger partial charge in [0.1, 0.15) is 0 Å². The molecule has 0 radical (unpaired) electrons. The van der Waals surface area contributed by atoms with Gasteiger partial charge in [0.15, 0.2) is 0 Å². The lowest BCUT2D eigenvalue weighted by Gasteiger charge is -2.36. The Bertz CT molecular complexity index is 4910. The fourth-order valence-electron chi connectivity index (χ4n) is 14.4. The predicted molar refractivity (Wildman–Crippen MR) is 436 cm³/mol. The maximum atomic E-state index is 2.53. The molecule has 0 saturated heterocycles. The highest BCUT2D eigenvalue weighted by molar-refractivity contribution is 5.96. The molecule has 0 unspecified atom stereocenters. The van der Waals surface area contributed by atoms with E-state index in [0.29, 0.717) is 0 Å². The Labute approximate surface area is 604 Å². The van der Waals surface area contributed by atoms with Crippen molar-refractivity contribution in [3.8, 4) is 11.1 Å². The van der Waals surface area contributed by atoms with Crippen molar-refractivity contribution >= 4 is 102 Å². The fourth-order valence-corrected chi connectivity index (χ4v) is 14.4. The molecule has 14 rings (SSSR count). The van der Waals surface area contributed by atoms with Crippen molar-refractivity contribution in [2.45, 2.75) is 79.1 Å². The van der Waals surface area contributed by atoms with Gasteiger partial charge in [-0.25, -0.2) is 0 Å². The van der Waals surface area contributed by atoms with E-state index in [0.717, 1.165) is 113 Å². The van der Waals surface area contributed by atoms with Gasteiger partial charge in [-0.2, -0.15) is 0 Å². The summed E-state index contributed by atoms with van der Waals surface area (Å²) in [5, 5.41) is 0. The normalized spacial score (nSPS) is 11.3. The molecular weight excluding hydrogens is 1240 g/mol. The first-order valence-corrected chi connectivity index (χ1v) is 35.9. The molecule has 14 aromatic rings. The molecule has 0 N–H and O–H groups in total. The maximum Gasteiger partial charge on any atom is 0.0540 e. The highest BCUT2D eigenvalue weighted by Crippen LogP contribution is 2.53. The van der Waals surface area contributed by atoms with Gasteiger partial charge in [-0.05, 0) is 197 Å². The van der Waals surface area contributed by atoms with Crippen LogP contribution in [0.3, 0.4) is 0 Å². The van der Waals surface area contributed by atoms with Crippen LogP contribution in [0.15, 0.2) is 364 Å². The van der Waals surface area contributed by atoms with E-state index in [-0.39, 0.29) is 23.7 Å². The molecule has 6 heteroatoms. The molecule has 0 aromatic heterocycles. The van der Waals surface area contributed by atoms with Gasteiger partial charge in [-0.3, -0.25) is 0 Å². The van der Waals surface area contributed by atoms with E-state index in [2.05, 4.69) is 449 Å². The fraction of sp³-hybridized carbons (Fsp3) is 0.125. The van der Waals surface area contributed by atoms with Crippen LogP contribution in [0.25, 0.3) is 11.1 Å². The van der Waals surface area contributed by atoms with Crippen molar-refractivity contribution in [3.63, 3.8) is 0 Å². The lowest BCUT2D eigenvalue weighted by atomic mass is 9.96. The SMILES string of the molecule is CC(C)c1ccccc1N(c1cc(N(c2ccccc2)c2ccccc2)cc(N(c2ccccc2)c2cccc(N(c3cc(N(c4ccccc4)c4ccccc4)cc(N(c4ccccc4C(C)C)c4ccccc4C(C)C)c3)c3ccccc3-c3ccccc3)c2)c1)c1ccccc1C(C)C. The van der Waals surface area contributed by atoms with Gasteiger partial charge in [-0.15, -0.1) is 0 Å². The summed E-state index contributed by atoms with van der Waals surface area (Å²) in [6.07, 6.45) is 0. The zero-order valence-corrected chi connectivity index (χ0v) is 59.6. The number of para-hydroxylation sites is 10. The molecule has 0 aliphatic heterocycles. The molecule has 0 bridgehead atoms. The van der Waals surface area contributed by atoms with Gasteiger partial charge < -0.3 is 29.4 Å². The van der Waals surface area contributed by atoms with Crippen LogP contribution in [0.5, 0.6) is 0 Å². The summed E-state index contributed by atoms with van der Waals surface area (Å²) in [5.74, 6) is 0.900. The van der Waals surface area contributed by atoms with Crippen molar-refractivity contribution in [1.29, 1.82) is 0 Å². The molecule has 0 amide bonds. The third-order valence-corrected chi connectivity index (χ3v) is 19.2. The van der Waals surface area contributed by atoms with Crippen molar-refractivity contribution in [1.82, 2.24) is 0 Å². The first-order valence-electron chi connectivity index (χ1n) is 35.9. The zero-order valence-electron chi connectivity index (χ0n) is 59.6. The molecule has 502 valence electrons. The molecular formula is C96H88N6. The molecule has 102 heavy (non-hydrogen) atoms. The van der Waals surface area contributed by atoms with Gasteiger partial charge in [0, 0.05) is 68.1 Å². The Morgan fingerprint density at radius 3 is 0.667 bits per heavy atom. The molecule has 0 aliphatic rings. The lowest BCUT2D eigenvalue weighted by Crippen LogP contribution is -2.19. The van der Waals surface area contributed by atoms with E-state index in [1.807, 2.05) is 0 Å². The van der Waals surface area contributed by atoms with Crippen LogP contribution in [0, 0.1) is 0 Å². The molecule has 6 nitrogen and oxygen atoms in total. The molecule has 0 atom stereocenters. The molecule has 0 spiro atoms. The Hall–Kier alpha value is -12.1. The quantitative estimate of drug-likeness (QED) is 0.0631. The number of rotatable bonds is 23. The minimum Gasteiger partial charge on any atom is -0.310 e. The predicted octanol–water partition coefficient (Wildman–Crippen LogP) is 28.7. The largest absolute Gasteiger partial charge is 0.310 e. The van der Waals surface area contributed by atoms with Gasteiger partial charge in [0.2, 0.25) is 0 Å². The van der Waals surface area contributed by atoms with E-state index in [1.165, 1.54) is 22.3 Å². The Morgan fingerprint density at radius 1 is 0.157 bits per heavy atom. The van der Waals surface area contributed by atoms with Crippen LogP contribution in [0.1, 0.15) is 101 Å². The second kappa shape index (κ2) is 30.6. The number of nitrogens with zero attached hydrogens (tertiary/aromatic N) is 6. The van der Waals surface area contributed by atoms with Crippen LogP contribution < -0.4 is 29.4 Å². The first kappa shape index (κ1) is 67.1. The van der Waals surface area contributed by atoms with Gasteiger partial charge in [-0.1, -0.05) is 274 Å². The summed E-state index contributed by atoms with van der Waals surface area (Å²) in [4.78, 5) is 14.8. The van der Waals surface area contributed by atoms with Crippen molar-refractivity contribution in [2.24, 2.45) is 0 Å². The average Bonchev–Trinajstić information content (AvgIpc) is 0.754. The molecule has 0 saturated carbocycles. The molecule has 0 aliphatic carbocycles. The Kier molecular flexibility index (Phi) is 20.1. The summed E-state index contributed by atoms with van der Waals surface area (Å²) >= 11 is 0. The Balaban J connectivity index is 1.08. The van der Waals surface area contributed by atoms with Crippen LogP contribution in [0.2, 0.25) is 0 Å². The van der Waals surface area contributed by atoms with Crippen LogP contribution in [-0.4, -0.2) is 0 Å². The van der Waals surface area contributed by atoms with E-state index in [1.54, 1.807) is 0 Å². The minimum absolute atomic E-state index is 0.221. The topological polar surface area (TPSA) is 19.4 Å². The van der Waals surface area contributed by atoms with Gasteiger partial charge in [0.05, 0.1) is 39.8 Å². The average molecular weight is 1330 g/mol. The molecule has 14 aromatic carbocycles. The van der Waals surface area contributed by atoms with Crippen LogP contribution in [-0.2, 0) is 0 Å². The van der Waals surface area contributed by atoms with E-state index >= 15 is 0 Å². The standard InChI is InChI=1S/C96H88N6/c1-69(2)87-52-27-32-57-92(87)101(93-58-33-28-53-88(93)70(3)4)85-65-81(97(74-40-17-10-18-41-74)75-42-19-11-20-43-75)63-83(67-85)99(78-48-25-14-26-49-78)79-50-37-51-80(62-79)100(96-61-36-31-56-91(96)73-38-15-9-16-39-73)84-64-82(98(76-44-21-12-22-45-76)77-46-23-13-24-47-77)66-86(68-84)102(94-59-34-29-54-89(94)71(5)6)95-60-35-30-55-90(95)72(7)8/h9-72H,1-8H3. The summed E-state index contributed by atoms with van der Waals surface area (Å²) in [5.41, 5.74) is 25.8. The van der Waals surface area contributed by atoms with Crippen molar-refractivity contribution in [3.05, 3.63) is 386 Å². The minimum atomic E-state index is 0.221. The second-order valence-corrected chi connectivity index (χ2v) is 27.4.